The molecule has 7 heteroatoms. The number of halogens is 1. The van der Waals surface area contributed by atoms with Gasteiger partial charge in [0, 0.05) is 43.0 Å². The highest BCUT2D eigenvalue weighted by molar-refractivity contribution is 5.75. The number of carbonyl (C=O) groups is 1. The Bertz CT molecular complexity index is 943. The largest absolute Gasteiger partial charge is 0.497 e. The Hall–Kier alpha value is -2.80. The Kier molecular flexibility index (Phi) is 6.32. The monoisotopic (exact) mass is 428 g/mol. The molecule has 2 heterocycles. The number of amides is 2. The second-order valence-electron chi connectivity index (χ2n) is 8.15. The van der Waals surface area contributed by atoms with Gasteiger partial charge in [-0.15, -0.1) is 0 Å². The minimum atomic E-state index is -0.360. The predicted octanol–water partition coefficient (Wildman–Crippen LogP) is 4.58. The maximum Gasteiger partial charge on any atom is 0.315 e. The summed E-state index contributed by atoms with van der Waals surface area (Å²) in [6.45, 7) is 3.90. The van der Waals surface area contributed by atoms with E-state index < -0.39 is 0 Å². The van der Waals surface area contributed by atoms with Crippen LogP contribution in [0.4, 0.5) is 9.18 Å². The summed E-state index contributed by atoms with van der Waals surface area (Å²) in [4.78, 5) is 12.5. The average molecular weight is 429 g/mol. The Morgan fingerprint density at radius 2 is 2.03 bits per heavy atom. The van der Waals surface area contributed by atoms with Gasteiger partial charge in [-0.25, -0.2) is 9.18 Å². The molecule has 1 fully saturated rings. The van der Waals surface area contributed by atoms with Gasteiger partial charge >= 0.3 is 6.03 Å². The van der Waals surface area contributed by atoms with E-state index in [1.165, 1.54) is 13.2 Å². The summed E-state index contributed by atoms with van der Waals surface area (Å²) in [5.41, 5.74) is 1.70. The van der Waals surface area contributed by atoms with E-state index in [2.05, 4.69) is 10.6 Å². The molecule has 6 nitrogen and oxygen atoms in total. The van der Waals surface area contributed by atoms with Crippen molar-refractivity contribution in [3.8, 4) is 22.6 Å². The lowest BCUT2D eigenvalue weighted by molar-refractivity contribution is -0.0637. The summed E-state index contributed by atoms with van der Waals surface area (Å²) in [6, 6.07) is 10.0. The van der Waals surface area contributed by atoms with E-state index >= 15 is 0 Å². The summed E-state index contributed by atoms with van der Waals surface area (Å²) in [7, 11) is 1.51. The number of methoxy groups -OCH3 is 1. The van der Waals surface area contributed by atoms with Gasteiger partial charge in [-0.2, -0.15) is 0 Å². The quantitative estimate of drug-likeness (QED) is 0.731. The molecule has 2 amide bonds. The number of hydrogen-bond donors (Lipinski definition) is 2. The zero-order valence-electron chi connectivity index (χ0n) is 18.0. The van der Waals surface area contributed by atoms with Crippen molar-refractivity contribution in [2.45, 2.75) is 44.2 Å². The van der Waals surface area contributed by atoms with Gasteiger partial charge in [-0.3, -0.25) is 0 Å². The number of fused-ring (bicyclic) bond motifs is 1. The van der Waals surface area contributed by atoms with Gasteiger partial charge in [0.15, 0.2) is 0 Å². The van der Waals surface area contributed by atoms with Crippen LogP contribution in [0.5, 0.6) is 11.5 Å². The molecule has 31 heavy (non-hydrogen) atoms. The summed E-state index contributed by atoms with van der Waals surface area (Å²) in [5.74, 6) is 0.838. The van der Waals surface area contributed by atoms with Gasteiger partial charge in [0.25, 0.3) is 0 Å². The lowest BCUT2D eigenvalue weighted by atomic mass is 9.81. The average Bonchev–Trinajstić information content (AvgIpc) is 2.78. The van der Waals surface area contributed by atoms with Crippen LogP contribution in [0, 0.1) is 5.82 Å². The van der Waals surface area contributed by atoms with Crippen LogP contribution >= 0.6 is 0 Å². The second kappa shape index (κ2) is 9.14. The summed E-state index contributed by atoms with van der Waals surface area (Å²) in [5, 5.41) is 5.99. The molecule has 0 radical (unpaired) electrons. The van der Waals surface area contributed by atoms with E-state index in [4.69, 9.17) is 14.2 Å². The molecule has 4 rings (SSSR count). The number of benzene rings is 2. The number of urea groups is 1. The molecular formula is C24H29FN2O4. The Labute approximate surface area is 182 Å². The Morgan fingerprint density at radius 1 is 1.23 bits per heavy atom. The molecule has 2 aromatic rings. The SMILES string of the molecule is CCCNC(=O)NC1CC2(CCOCC2)Oc2ccc(-c3ccc(OC)cc3F)cc21. The zero-order valence-corrected chi connectivity index (χ0v) is 18.0. The number of ether oxygens (including phenoxy) is 3. The van der Waals surface area contributed by atoms with Gasteiger partial charge < -0.3 is 24.8 Å². The van der Waals surface area contributed by atoms with E-state index in [9.17, 15) is 9.18 Å². The lowest BCUT2D eigenvalue weighted by Gasteiger charge is -2.44. The lowest BCUT2D eigenvalue weighted by Crippen LogP contribution is -2.49. The number of nitrogens with one attached hydrogen (secondary N) is 2. The highest BCUT2D eigenvalue weighted by atomic mass is 19.1. The Balaban J connectivity index is 1.68. The van der Waals surface area contributed by atoms with Crippen molar-refractivity contribution < 1.29 is 23.4 Å². The molecule has 1 atom stereocenters. The molecule has 0 aliphatic carbocycles. The van der Waals surface area contributed by atoms with E-state index in [1.807, 2.05) is 25.1 Å². The first-order valence-corrected chi connectivity index (χ1v) is 10.8. The molecule has 0 saturated carbocycles. The van der Waals surface area contributed by atoms with Gasteiger partial charge in [0.2, 0.25) is 0 Å². The van der Waals surface area contributed by atoms with Crippen LogP contribution in [0.25, 0.3) is 11.1 Å². The first-order valence-electron chi connectivity index (χ1n) is 10.8. The van der Waals surface area contributed by atoms with Crippen molar-refractivity contribution in [2.75, 3.05) is 26.9 Å². The maximum atomic E-state index is 14.7. The first kappa shape index (κ1) is 21.4. The van der Waals surface area contributed by atoms with Crippen LogP contribution in [-0.2, 0) is 4.74 Å². The fourth-order valence-electron chi connectivity index (χ4n) is 4.32. The highest BCUT2D eigenvalue weighted by Gasteiger charge is 2.43. The summed E-state index contributed by atoms with van der Waals surface area (Å²) >= 11 is 0. The van der Waals surface area contributed by atoms with E-state index in [0.717, 1.165) is 36.1 Å². The third kappa shape index (κ3) is 4.61. The van der Waals surface area contributed by atoms with Crippen molar-refractivity contribution in [1.29, 1.82) is 0 Å². The van der Waals surface area contributed by atoms with Crippen LogP contribution in [0.1, 0.15) is 44.2 Å². The molecule has 1 spiro atoms. The molecule has 2 aromatic carbocycles. The predicted molar refractivity (Wildman–Crippen MR) is 116 cm³/mol. The third-order valence-electron chi connectivity index (χ3n) is 6.02. The molecule has 0 aromatic heterocycles. The fourth-order valence-corrected chi connectivity index (χ4v) is 4.32. The van der Waals surface area contributed by atoms with Crippen LogP contribution < -0.4 is 20.1 Å². The van der Waals surface area contributed by atoms with Gasteiger partial charge in [0.05, 0.1) is 26.4 Å². The molecule has 0 bridgehead atoms. The van der Waals surface area contributed by atoms with Crippen LogP contribution in [-0.4, -0.2) is 38.5 Å². The minimum Gasteiger partial charge on any atom is -0.497 e. The fraction of sp³-hybridized carbons (Fsp3) is 0.458. The number of hydrogen-bond acceptors (Lipinski definition) is 4. The molecular weight excluding hydrogens is 399 g/mol. The molecule has 166 valence electrons. The highest BCUT2D eigenvalue weighted by Crippen LogP contribution is 2.45. The molecule has 2 aliphatic rings. The normalized spacial score (nSPS) is 19.3. The van der Waals surface area contributed by atoms with Crippen LogP contribution in [0.2, 0.25) is 0 Å². The summed E-state index contributed by atoms with van der Waals surface area (Å²) in [6.07, 6.45) is 3.06. The van der Waals surface area contributed by atoms with Crippen molar-refractivity contribution in [1.82, 2.24) is 10.6 Å². The van der Waals surface area contributed by atoms with E-state index in [0.29, 0.717) is 37.5 Å². The molecule has 2 N–H and O–H groups in total. The zero-order chi connectivity index (χ0) is 21.8. The molecule has 1 unspecified atom stereocenters. The smallest absolute Gasteiger partial charge is 0.315 e. The van der Waals surface area contributed by atoms with Gasteiger partial charge in [0.1, 0.15) is 22.9 Å². The summed E-state index contributed by atoms with van der Waals surface area (Å²) < 4.78 is 31.8. The molecule has 2 aliphatic heterocycles. The Morgan fingerprint density at radius 3 is 2.74 bits per heavy atom. The van der Waals surface area contributed by atoms with Crippen molar-refractivity contribution in [3.63, 3.8) is 0 Å². The topological polar surface area (TPSA) is 68.8 Å². The maximum absolute atomic E-state index is 14.7. The van der Waals surface area contributed by atoms with Crippen molar-refractivity contribution >= 4 is 6.03 Å². The second-order valence-corrected chi connectivity index (χ2v) is 8.15. The van der Waals surface area contributed by atoms with Crippen molar-refractivity contribution in [2.24, 2.45) is 0 Å². The minimum absolute atomic E-state index is 0.206. The van der Waals surface area contributed by atoms with Crippen LogP contribution in [0.15, 0.2) is 36.4 Å². The third-order valence-corrected chi connectivity index (χ3v) is 6.02. The number of carbonyl (C=O) groups excluding carboxylic acids is 1. The number of rotatable bonds is 5. The van der Waals surface area contributed by atoms with Crippen LogP contribution in [0.3, 0.4) is 0 Å². The van der Waals surface area contributed by atoms with E-state index in [-0.39, 0.29) is 23.5 Å². The van der Waals surface area contributed by atoms with E-state index in [1.54, 1.807) is 12.1 Å². The van der Waals surface area contributed by atoms with Gasteiger partial charge in [-0.1, -0.05) is 13.0 Å². The van der Waals surface area contributed by atoms with Crippen molar-refractivity contribution in [3.05, 3.63) is 47.8 Å². The first-order chi connectivity index (χ1) is 15.0. The molecule has 1 saturated heterocycles. The standard InChI is InChI=1S/C24H29FN2O4/c1-3-10-26-23(28)27-21-15-24(8-11-30-12-9-24)31-22-7-4-16(13-19(21)22)18-6-5-17(29-2)14-20(18)25/h4-7,13-14,21H,3,8-12,15H2,1-2H3,(H2,26,27,28). The van der Waals surface area contributed by atoms with Gasteiger partial charge in [-0.05, 0) is 36.2 Å².